The summed E-state index contributed by atoms with van der Waals surface area (Å²) in [5, 5.41) is 6.86. The largest absolute Gasteiger partial charge is 0.356 e. The normalized spacial score (nSPS) is 17.7. The van der Waals surface area contributed by atoms with Gasteiger partial charge in [0.15, 0.2) is 5.96 Å². The predicted octanol–water partition coefficient (Wildman–Crippen LogP) is 1.74. The molecular weight excluding hydrogens is 260 g/mol. The van der Waals surface area contributed by atoms with E-state index in [-0.39, 0.29) is 0 Å². The van der Waals surface area contributed by atoms with Crippen LogP contribution in [0.2, 0.25) is 0 Å². The minimum atomic E-state index is 0.772. The van der Waals surface area contributed by atoms with Crippen molar-refractivity contribution in [2.75, 3.05) is 40.3 Å². The Bertz CT molecular complexity index is 422. The number of benzene rings is 1. The van der Waals surface area contributed by atoms with Crippen LogP contribution in [0.25, 0.3) is 0 Å². The van der Waals surface area contributed by atoms with Crippen molar-refractivity contribution in [1.29, 1.82) is 0 Å². The average molecular weight is 288 g/mol. The van der Waals surface area contributed by atoms with Gasteiger partial charge in [0.2, 0.25) is 0 Å². The van der Waals surface area contributed by atoms with Crippen LogP contribution in [0.3, 0.4) is 0 Å². The van der Waals surface area contributed by atoms with Gasteiger partial charge in [0.05, 0.1) is 0 Å². The van der Waals surface area contributed by atoms with Gasteiger partial charge >= 0.3 is 0 Å². The first-order valence-corrected chi connectivity index (χ1v) is 7.95. The van der Waals surface area contributed by atoms with E-state index in [1.165, 1.54) is 31.5 Å². The number of nitrogens with one attached hydrogen (secondary N) is 2. The minimum Gasteiger partial charge on any atom is -0.356 e. The molecule has 0 saturated carbocycles. The molecule has 0 bridgehead atoms. The summed E-state index contributed by atoms with van der Waals surface area (Å²) in [6.45, 7) is 4.37. The second-order valence-corrected chi connectivity index (χ2v) is 5.86. The Labute approximate surface area is 128 Å². The Kier molecular flexibility index (Phi) is 6.54. The molecule has 1 fully saturated rings. The Morgan fingerprint density at radius 1 is 1.19 bits per heavy atom. The molecule has 0 spiro atoms. The van der Waals surface area contributed by atoms with Crippen molar-refractivity contribution in [1.82, 2.24) is 15.5 Å². The number of hydrogen-bond acceptors (Lipinski definition) is 2. The standard InChI is InChI=1S/C17H28N4/c1-18-17(19-11-8-15-6-4-3-5-7-15)20-14-16-9-12-21(2)13-10-16/h3-7,16H,8-14H2,1-2H3,(H2,18,19,20). The Morgan fingerprint density at radius 2 is 1.90 bits per heavy atom. The smallest absolute Gasteiger partial charge is 0.190 e. The maximum atomic E-state index is 4.30. The second-order valence-electron chi connectivity index (χ2n) is 5.86. The molecule has 1 aliphatic rings. The zero-order valence-corrected chi connectivity index (χ0v) is 13.3. The molecule has 4 heteroatoms. The molecule has 1 saturated heterocycles. The molecule has 116 valence electrons. The molecule has 0 aromatic heterocycles. The van der Waals surface area contributed by atoms with Crippen molar-refractivity contribution in [2.24, 2.45) is 10.9 Å². The highest BCUT2D eigenvalue weighted by atomic mass is 15.2. The first-order valence-electron chi connectivity index (χ1n) is 7.95. The van der Waals surface area contributed by atoms with Gasteiger partial charge in [-0.25, -0.2) is 0 Å². The predicted molar refractivity (Wildman–Crippen MR) is 89.7 cm³/mol. The zero-order valence-electron chi connectivity index (χ0n) is 13.3. The summed E-state index contributed by atoms with van der Waals surface area (Å²) in [5.41, 5.74) is 1.36. The highest BCUT2D eigenvalue weighted by molar-refractivity contribution is 5.79. The fourth-order valence-corrected chi connectivity index (χ4v) is 2.70. The lowest BCUT2D eigenvalue weighted by molar-refractivity contribution is 0.220. The fraction of sp³-hybridized carbons (Fsp3) is 0.588. The Morgan fingerprint density at radius 3 is 2.57 bits per heavy atom. The molecule has 0 atom stereocenters. The third-order valence-electron chi connectivity index (χ3n) is 4.17. The van der Waals surface area contributed by atoms with Gasteiger partial charge in [-0.2, -0.15) is 0 Å². The highest BCUT2D eigenvalue weighted by Gasteiger charge is 2.16. The zero-order chi connectivity index (χ0) is 14.9. The topological polar surface area (TPSA) is 39.7 Å². The maximum absolute atomic E-state index is 4.30. The van der Waals surface area contributed by atoms with Crippen molar-refractivity contribution in [2.45, 2.75) is 19.3 Å². The molecule has 0 amide bonds. The summed E-state index contributed by atoms with van der Waals surface area (Å²) in [5.74, 6) is 1.69. The molecule has 1 aromatic rings. The summed E-state index contributed by atoms with van der Waals surface area (Å²) in [4.78, 5) is 6.71. The summed E-state index contributed by atoms with van der Waals surface area (Å²) in [6.07, 6.45) is 3.59. The van der Waals surface area contributed by atoms with E-state index < -0.39 is 0 Å². The SMILES string of the molecule is CN=C(NCCc1ccccc1)NCC1CCN(C)CC1. The monoisotopic (exact) mass is 288 g/mol. The minimum absolute atomic E-state index is 0.772. The van der Waals surface area contributed by atoms with Gasteiger partial charge in [-0.1, -0.05) is 30.3 Å². The maximum Gasteiger partial charge on any atom is 0.190 e. The number of likely N-dealkylation sites (tertiary alicyclic amines) is 1. The van der Waals surface area contributed by atoms with Gasteiger partial charge in [-0.15, -0.1) is 0 Å². The van der Waals surface area contributed by atoms with E-state index in [0.29, 0.717) is 0 Å². The van der Waals surface area contributed by atoms with Crippen LogP contribution in [0.15, 0.2) is 35.3 Å². The molecule has 0 aliphatic carbocycles. The van der Waals surface area contributed by atoms with E-state index in [0.717, 1.165) is 31.4 Å². The van der Waals surface area contributed by atoms with Crippen LogP contribution in [0.1, 0.15) is 18.4 Å². The van der Waals surface area contributed by atoms with E-state index in [4.69, 9.17) is 0 Å². The summed E-state index contributed by atoms with van der Waals surface area (Å²) in [6, 6.07) is 10.6. The molecule has 2 N–H and O–H groups in total. The van der Waals surface area contributed by atoms with E-state index in [1.54, 1.807) is 0 Å². The van der Waals surface area contributed by atoms with Crippen molar-refractivity contribution in [3.8, 4) is 0 Å². The molecule has 2 rings (SSSR count). The number of piperidine rings is 1. The van der Waals surface area contributed by atoms with Gasteiger partial charge in [0.1, 0.15) is 0 Å². The summed E-state index contributed by atoms with van der Waals surface area (Å²) < 4.78 is 0. The van der Waals surface area contributed by atoms with Crippen molar-refractivity contribution in [3.63, 3.8) is 0 Å². The van der Waals surface area contributed by atoms with Crippen LogP contribution in [-0.2, 0) is 6.42 Å². The van der Waals surface area contributed by atoms with Gasteiger partial charge in [0, 0.05) is 20.1 Å². The molecule has 4 nitrogen and oxygen atoms in total. The summed E-state index contributed by atoms with van der Waals surface area (Å²) >= 11 is 0. The van der Waals surface area contributed by atoms with Gasteiger partial charge < -0.3 is 15.5 Å². The van der Waals surface area contributed by atoms with E-state index in [2.05, 4.69) is 57.9 Å². The fourth-order valence-electron chi connectivity index (χ4n) is 2.70. The lowest BCUT2D eigenvalue weighted by Gasteiger charge is -2.29. The Hall–Kier alpha value is -1.55. The van der Waals surface area contributed by atoms with E-state index in [1.807, 2.05) is 7.05 Å². The molecular formula is C17H28N4. The van der Waals surface area contributed by atoms with Crippen LogP contribution in [-0.4, -0.2) is 51.1 Å². The second kappa shape index (κ2) is 8.67. The average Bonchev–Trinajstić information content (AvgIpc) is 2.53. The first-order chi connectivity index (χ1) is 10.3. The van der Waals surface area contributed by atoms with Gasteiger partial charge in [0.25, 0.3) is 0 Å². The number of rotatable bonds is 5. The lowest BCUT2D eigenvalue weighted by Crippen LogP contribution is -2.42. The molecule has 1 aliphatic heterocycles. The van der Waals surface area contributed by atoms with Gasteiger partial charge in [-0.3, -0.25) is 4.99 Å². The van der Waals surface area contributed by atoms with Crippen LogP contribution >= 0.6 is 0 Å². The van der Waals surface area contributed by atoms with Crippen molar-refractivity contribution < 1.29 is 0 Å². The quantitative estimate of drug-likeness (QED) is 0.640. The Balaban J connectivity index is 1.64. The number of nitrogens with zero attached hydrogens (tertiary/aromatic N) is 2. The first kappa shape index (κ1) is 15.8. The van der Waals surface area contributed by atoms with Crippen LogP contribution in [0, 0.1) is 5.92 Å². The van der Waals surface area contributed by atoms with Crippen molar-refractivity contribution in [3.05, 3.63) is 35.9 Å². The third kappa shape index (κ3) is 5.76. The highest BCUT2D eigenvalue weighted by Crippen LogP contribution is 2.14. The van der Waals surface area contributed by atoms with Crippen molar-refractivity contribution >= 4 is 5.96 Å². The van der Waals surface area contributed by atoms with Crippen LogP contribution in [0.5, 0.6) is 0 Å². The van der Waals surface area contributed by atoms with E-state index >= 15 is 0 Å². The lowest BCUT2D eigenvalue weighted by atomic mass is 9.97. The van der Waals surface area contributed by atoms with Crippen LogP contribution < -0.4 is 10.6 Å². The third-order valence-corrected chi connectivity index (χ3v) is 4.17. The number of aliphatic imine (C=N–C) groups is 1. The van der Waals surface area contributed by atoms with E-state index in [9.17, 15) is 0 Å². The molecule has 0 unspecified atom stereocenters. The van der Waals surface area contributed by atoms with Gasteiger partial charge in [-0.05, 0) is 50.9 Å². The summed E-state index contributed by atoms with van der Waals surface area (Å²) in [7, 11) is 4.04. The molecule has 0 radical (unpaired) electrons. The van der Waals surface area contributed by atoms with Crippen LogP contribution in [0.4, 0.5) is 0 Å². The number of hydrogen-bond donors (Lipinski definition) is 2. The molecule has 1 heterocycles. The molecule has 21 heavy (non-hydrogen) atoms. The number of guanidine groups is 1. The molecule has 1 aromatic carbocycles.